The fourth-order valence-corrected chi connectivity index (χ4v) is 3.96. The van der Waals surface area contributed by atoms with Crippen LogP contribution in [0.2, 0.25) is 5.02 Å². The fourth-order valence-electron chi connectivity index (χ4n) is 3.72. The Morgan fingerprint density at radius 3 is 2.57 bits per heavy atom. The first-order chi connectivity index (χ1) is 14.5. The van der Waals surface area contributed by atoms with E-state index in [1.165, 1.54) is 9.80 Å². The second-order valence-electron chi connectivity index (χ2n) is 7.25. The summed E-state index contributed by atoms with van der Waals surface area (Å²) in [6, 6.07) is 15.7. The van der Waals surface area contributed by atoms with Crippen molar-refractivity contribution >= 4 is 29.4 Å². The van der Waals surface area contributed by atoms with Gasteiger partial charge in [-0.3, -0.25) is 14.5 Å². The van der Waals surface area contributed by atoms with Crippen molar-refractivity contribution in [3.05, 3.63) is 82.0 Å². The molecule has 1 unspecified atom stereocenters. The van der Waals surface area contributed by atoms with Crippen LogP contribution in [0.25, 0.3) is 0 Å². The van der Waals surface area contributed by atoms with Crippen molar-refractivity contribution in [2.75, 3.05) is 20.1 Å². The standard InChI is InChI=1S/C22H21ClN4O3/c1-26-17-12-27(13-18(28)24-11-14-7-3-2-4-8-14)21(29)19(17)20(25-22(26)30)15-9-5-6-10-16(15)23/h2-10,20H,11-13H2,1H3,(H,24,28)(H,25,30). The molecule has 2 aromatic carbocycles. The minimum atomic E-state index is -0.651. The van der Waals surface area contributed by atoms with E-state index in [-0.39, 0.29) is 30.9 Å². The van der Waals surface area contributed by atoms with E-state index in [1.54, 1.807) is 31.3 Å². The molecule has 4 amide bonds. The minimum Gasteiger partial charge on any atom is -0.350 e. The molecule has 0 saturated heterocycles. The van der Waals surface area contributed by atoms with E-state index in [1.807, 2.05) is 30.3 Å². The Labute approximate surface area is 179 Å². The van der Waals surface area contributed by atoms with Gasteiger partial charge < -0.3 is 15.5 Å². The third-order valence-corrected chi connectivity index (χ3v) is 5.66. The van der Waals surface area contributed by atoms with Crippen LogP contribution in [0.15, 0.2) is 65.9 Å². The highest BCUT2D eigenvalue weighted by Crippen LogP contribution is 2.37. The lowest BCUT2D eigenvalue weighted by atomic mass is 9.96. The zero-order chi connectivity index (χ0) is 21.3. The Kier molecular flexibility index (Phi) is 5.46. The van der Waals surface area contributed by atoms with E-state index < -0.39 is 6.04 Å². The Morgan fingerprint density at radius 2 is 1.83 bits per heavy atom. The molecule has 2 aliphatic heterocycles. The largest absolute Gasteiger partial charge is 0.350 e. The van der Waals surface area contributed by atoms with Gasteiger partial charge in [-0.1, -0.05) is 60.1 Å². The van der Waals surface area contributed by atoms with Crippen molar-refractivity contribution in [2.24, 2.45) is 0 Å². The topological polar surface area (TPSA) is 81.8 Å². The molecule has 1 atom stereocenters. The lowest BCUT2D eigenvalue weighted by Crippen LogP contribution is -2.45. The van der Waals surface area contributed by atoms with Crippen LogP contribution in [-0.2, 0) is 16.1 Å². The first-order valence-corrected chi connectivity index (χ1v) is 9.95. The molecule has 7 nitrogen and oxygen atoms in total. The smallest absolute Gasteiger partial charge is 0.322 e. The molecule has 2 N–H and O–H groups in total. The van der Waals surface area contributed by atoms with Crippen molar-refractivity contribution in [3.63, 3.8) is 0 Å². The van der Waals surface area contributed by atoms with Crippen LogP contribution in [0, 0.1) is 0 Å². The van der Waals surface area contributed by atoms with Crippen LogP contribution < -0.4 is 10.6 Å². The van der Waals surface area contributed by atoms with E-state index in [0.29, 0.717) is 28.4 Å². The summed E-state index contributed by atoms with van der Waals surface area (Å²) in [5.74, 6) is -0.542. The number of hydrogen-bond donors (Lipinski definition) is 2. The first-order valence-electron chi connectivity index (χ1n) is 9.57. The number of nitrogens with one attached hydrogen (secondary N) is 2. The summed E-state index contributed by atoms with van der Waals surface area (Å²) in [7, 11) is 1.61. The van der Waals surface area contributed by atoms with E-state index in [0.717, 1.165) is 5.56 Å². The molecule has 0 fully saturated rings. The van der Waals surface area contributed by atoms with Gasteiger partial charge in [-0.15, -0.1) is 0 Å². The molecule has 30 heavy (non-hydrogen) atoms. The van der Waals surface area contributed by atoms with Crippen LogP contribution in [0.3, 0.4) is 0 Å². The van der Waals surface area contributed by atoms with Crippen molar-refractivity contribution in [3.8, 4) is 0 Å². The van der Waals surface area contributed by atoms with Crippen molar-refractivity contribution in [2.45, 2.75) is 12.6 Å². The van der Waals surface area contributed by atoms with Gasteiger partial charge in [0.15, 0.2) is 0 Å². The Hall–Kier alpha value is -3.32. The third-order valence-electron chi connectivity index (χ3n) is 5.32. The highest BCUT2D eigenvalue weighted by Gasteiger charge is 2.43. The van der Waals surface area contributed by atoms with Gasteiger partial charge in [0.05, 0.1) is 23.9 Å². The Bertz CT molecular complexity index is 1040. The molecular formula is C22H21ClN4O3. The van der Waals surface area contributed by atoms with E-state index in [2.05, 4.69) is 10.6 Å². The molecule has 0 aliphatic carbocycles. The molecule has 2 aliphatic rings. The monoisotopic (exact) mass is 424 g/mol. The first kappa shape index (κ1) is 20.0. The molecule has 0 radical (unpaired) electrons. The zero-order valence-electron chi connectivity index (χ0n) is 16.4. The number of nitrogens with zero attached hydrogens (tertiary/aromatic N) is 2. The Balaban J connectivity index is 1.51. The number of carbonyl (C=O) groups excluding carboxylic acids is 3. The number of urea groups is 1. The van der Waals surface area contributed by atoms with Gasteiger partial charge in [0.25, 0.3) is 5.91 Å². The molecule has 2 heterocycles. The average molecular weight is 425 g/mol. The average Bonchev–Trinajstić information content (AvgIpc) is 3.07. The van der Waals surface area contributed by atoms with Crippen LogP contribution in [0.1, 0.15) is 17.2 Å². The number of halogens is 1. The van der Waals surface area contributed by atoms with Gasteiger partial charge in [-0.2, -0.15) is 0 Å². The van der Waals surface area contributed by atoms with Gasteiger partial charge in [-0.05, 0) is 17.2 Å². The summed E-state index contributed by atoms with van der Waals surface area (Å²) in [5.41, 5.74) is 2.66. The third kappa shape index (κ3) is 3.76. The molecule has 0 spiro atoms. The summed E-state index contributed by atoms with van der Waals surface area (Å²) < 4.78 is 0. The molecular weight excluding hydrogens is 404 g/mol. The van der Waals surface area contributed by atoms with Gasteiger partial charge in [-0.25, -0.2) is 4.79 Å². The van der Waals surface area contributed by atoms with Crippen LogP contribution >= 0.6 is 11.6 Å². The maximum absolute atomic E-state index is 13.2. The van der Waals surface area contributed by atoms with Crippen molar-refractivity contribution < 1.29 is 14.4 Å². The highest BCUT2D eigenvalue weighted by molar-refractivity contribution is 6.31. The summed E-state index contributed by atoms with van der Waals surface area (Å²) in [6.45, 7) is 0.491. The summed E-state index contributed by atoms with van der Waals surface area (Å²) in [5, 5.41) is 6.14. The van der Waals surface area contributed by atoms with Gasteiger partial charge in [0.2, 0.25) is 5.91 Å². The van der Waals surface area contributed by atoms with E-state index in [9.17, 15) is 14.4 Å². The molecule has 0 aromatic heterocycles. The van der Waals surface area contributed by atoms with Crippen LogP contribution in [-0.4, -0.2) is 47.8 Å². The second kappa shape index (κ2) is 8.20. The number of hydrogen-bond acceptors (Lipinski definition) is 3. The van der Waals surface area contributed by atoms with E-state index >= 15 is 0 Å². The minimum absolute atomic E-state index is 0.0874. The SMILES string of the molecule is CN1C(=O)NC(c2ccccc2Cl)C2=C1CN(CC(=O)NCc1ccccc1)C2=O. The number of amides is 4. The number of benzene rings is 2. The molecule has 2 aromatic rings. The summed E-state index contributed by atoms with van der Waals surface area (Å²) >= 11 is 6.32. The highest BCUT2D eigenvalue weighted by atomic mass is 35.5. The summed E-state index contributed by atoms with van der Waals surface area (Å²) in [6.07, 6.45) is 0. The molecule has 4 rings (SSSR count). The van der Waals surface area contributed by atoms with Crippen molar-refractivity contribution in [1.29, 1.82) is 0 Å². The lowest BCUT2D eigenvalue weighted by Gasteiger charge is -2.31. The number of rotatable bonds is 5. The van der Waals surface area contributed by atoms with Gasteiger partial charge in [0, 0.05) is 18.6 Å². The predicted octanol–water partition coefficient (Wildman–Crippen LogP) is 2.45. The van der Waals surface area contributed by atoms with Crippen LogP contribution in [0.5, 0.6) is 0 Å². The van der Waals surface area contributed by atoms with Gasteiger partial charge >= 0.3 is 6.03 Å². The lowest BCUT2D eigenvalue weighted by molar-refractivity contribution is -0.132. The molecule has 0 bridgehead atoms. The van der Waals surface area contributed by atoms with Gasteiger partial charge in [0.1, 0.15) is 6.54 Å². The maximum Gasteiger partial charge on any atom is 0.322 e. The second-order valence-corrected chi connectivity index (χ2v) is 7.65. The van der Waals surface area contributed by atoms with Crippen molar-refractivity contribution in [1.82, 2.24) is 20.4 Å². The molecule has 154 valence electrons. The quantitative estimate of drug-likeness (QED) is 0.773. The van der Waals surface area contributed by atoms with Crippen LogP contribution in [0.4, 0.5) is 4.79 Å². The molecule has 0 saturated carbocycles. The number of carbonyl (C=O) groups is 3. The number of likely N-dealkylation sites (N-methyl/N-ethyl adjacent to an activating group) is 1. The van der Waals surface area contributed by atoms with E-state index in [4.69, 9.17) is 11.6 Å². The zero-order valence-corrected chi connectivity index (χ0v) is 17.1. The molecule has 8 heteroatoms. The fraction of sp³-hybridized carbons (Fsp3) is 0.227. The normalized spacial score (nSPS) is 18.4. The Morgan fingerprint density at radius 1 is 1.13 bits per heavy atom. The summed E-state index contributed by atoms with van der Waals surface area (Å²) in [4.78, 5) is 40.9. The predicted molar refractivity (Wildman–Crippen MR) is 112 cm³/mol. The maximum atomic E-state index is 13.2.